The van der Waals surface area contributed by atoms with Gasteiger partial charge in [-0.05, 0) is 38.8 Å². The van der Waals surface area contributed by atoms with E-state index in [9.17, 15) is 13.2 Å². The Balaban J connectivity index is 2.56. The molecule has 0 bridgehead atoms. The molecule has 1 aromatic carbocycles. The first-order valence-corrected chi connectivity index (χ1v) is 8.48. The van der Waals surface area contributed by atoms with Gasteiger partial charge in [0.25, 0.3) is 0 Å². The molecule has 7 heteroatoms. The molecular weight excluding hydrogens is 343 g/mol. The molecule has 1 heterocycles. The molecule has 0 aliphatic heterocycles. The molecule has 0 radical (unpaired) electrons. The molecule has 0 spiro atoms. The Bertz CT molecular complexity index is 754. The lowest BCUT2D eigenvalue weighted by Gasteiger charge is -2.26. The van der Waals surface area contributed by atoms with Crippen LogP contribution in [0.15, 0.2) is 30.5 Å². The first-order valence-electron chi connectivity index (χ1n) is 8.48. The lowest BCUT2D eigenvalue weighted by Crippen LogP contribution is -2.26. The molecular formula is C19H24F3N3O. The third kappa shape index (κ3) is 4.86. The van der Waals surface area contributed by atoms with Crippen molar-refractivity contribution < 1.29 is 17.9 Å². The van der Waals surface area contributed by atoms with Gasteiger partial charge >= 0.3 is 12.2 Å². The number of aromatic nitrogens is 2. The Kier molecular flexibility index (Phi) is 5.78. The first-order chi connectivity index (χ1) is 12.0. The number of benzene rings is 1. The summed E-state index contributed by atoms with van der Waals surface area (Å²) in [6.45, 7) is 7.38. The molecule has 4 nitrogen and oxygen atoms in total. The summed E-state index contributed by atoms with van der Waals surface area (Å²) in [6.07, 6.45) is -2.14. The predicted octanol–water partition coefficient (Wildman–Crippen LogP) is 5.39. The van der Waals surface area contributed by atoms with Crippen LogP contribution in [0.3, 0.4) is 0 Å². The molecule has 0 saturated carbocycles. The van der Waals surface area contributed by atoms with E-state index in [1.807, 2.05) is 19.1 Å². The quantitative estimate of drug-likeness (QED) is 0.710. The van der Waals surface area contributed by atoms with E-state index in [1.54, 1.807) is 40.0 Å². The minimum atomic E-state index is -4.57. The van der Waals surface area contributed by atoms with E-state index in [0.29, 0.717) is 5.69 Å². The average molecular weight is 367 g/mol. The van der Waals surface area contributed by atoms with Gasteiger partial charge in [0.05, 0.1) is 0 Å². The Labute approximate surface area is 152 Å². The highest BCUT2D eigenvalue weighted by Gasteiger charge is 2.37. The molecule has 0 aliphatic rings. The second-order valence-electron chi connectivity index (χ2n) is 7.04. The molecule has 0 unspecified atom stereocenters. The van der Waals surface area contributed by atoms with Crippen molar-refractivity contribution in [3.05, 3.63) is 41.6 Å². The van der Waals surface area contributed by atoms with Crippen LogP contribution >= 0.6 is 0 Å². The summed E-state index contributed by atoms with van der Waals surface area (Å²) < 4.78 is 46.0. The highest BCUT2D eigenvalue weighted by atomic mass is 19.4. The van der Waals surface area contributed by atoms with E-state index in [-0.39, 0.29) is 11.8 Å². The van der Waals surface area contributed by atoms with Crippen LogP contribution in [0.2, 0.25) is 0 Å². The van der Waals surface area contributed by atoms with Crippen molar-refractivity contribution in [1.29, 1.82) is 0 Å². The lowest BCUT2D eigenvalue weighted by atomic mass is 10.1. The smallest absolute Gasteiger partial charge is 0.421 e. The van der Waals surface area contributed by atoms with Crippen LogP contribution in [0.5, 0.6) is 6.01 Å². The van der Waals surface area contributed by atoms with E-state index in [4.69, 9.17) is 4.74 Å². The summed E-state index contributed by atoms with van der Waals surface area (Å²) in [4.78, 5) is 9.27. The van der Waals surface area contributed by atoms with Gasteiger partial charge in [-0.1, -0.05) is 31.5 Å². The van der Waals surface area contributed by atoms with Gasteiger partial charge in [-0.2, -0.15) is 18.2 Å². The summed E-state index contributed by atoms with van der Waals surface area (Å²) in [7, 11) is 1.58. The summed E-state index contributed by atoms with van der Waals surface area (Å²) in [5.41, 5.74) is 0.130. The third-order valence-corrected chi connectivity index (χ3v) is 3.64. The van der Waals surface area contributed by atoms with Gasteiger partial charge in [0, 0.05) is 18.9 Å². The molecule has 26 heavy (non-hydrogen) atoms. The van der Waals surface area contributed by atoms with Gasteiger partial charge in [-0.3, -0.25) is 0 Å². The number of anilines is 2. The van der Waals surface area contributed by atoms with Crippen molar-refractivity contribution in [1.82, 2.24) is 9.97 Å². The van der Waals surface area contributed by atoms with Crippen molar-refractivity contribution in [2.75, 3.05) is 11.9 Å². The standard InChI is InChI=1S/C19H24F3N3O/c1-6-9-13-10-7-8-11-15(13)25(5)16-14(19(20,21)22)12-23-17(24-16)26-18(2,3)4/h7-8,10-12H,6,9H2,1-5H3. The summed E-state index contributed by atoms with van der Waals surface area (Å²) >= 11 is 0. The van der Waals surface area contributed by atoms with Crippen molar-refractivity contribution in [2.45, 2.75) is 52.3 Å². The van der Waals surface area contributed by atoms with Crippen molar-refractivity contribution >= 4 is 11.5 Å². The van der Waals surface area contributed by atoms with Crippen LogP contribution in [-0.4, -0.2) is 22.6 Å². The van der Waals surface area contributed by atoms with Crippen molar-refractivity contribution in [3.63, 3.8) is 0 Å². The Morgan fingerprint density at radius 1 is 1.12 bits per heavy atom. The van der Waals surface area contributed by atoms with Crippen LogP contribution < -0.4 is 9.64 Å². The molecule has 2 rings (SSSR count). The maximum Gasteiger partial charge on any atom is 0.421 e. The largest absolute Gasteiger partial charge is 0.458 e. The number of nitrogens with zero attached hydrogens (tertiary/aromatic N) is 3. The van der Waals surface area contributed by atoms with E-state index in [2.05, 4.69) is 9.97 Å². The van der Waals surface area contributed by atoms with Crippen LogP contribution in [0.4, 0.5) is 24.7 Å². The predicted molar refractivity (Wildman–Crippen MR) is 95.9 cm³/mol. The molecule has 0 fully saturated rings. The van der Waals surface area contributed by atoms with Crippen molar-refractivity contribution in [2.24, 2.45) is 0 Å². The molecule has 0 N–H and O–H groups in total. The van der Waals surface area contributed by atoms with Gasteiger partial charge in [0.1, 0.15) is 11.2 Å². The summed E-state index contributed by atoms with van der Waals surface area (Å²) in [6, 6.07) is 7.29. The zero-order valence-corrected chi connectivity index (χ0v) is 15.7. The number of ether oxygens (including phenoxy) is 1. The van der Waals surface area contributed by atoms with Gasteiger partial charge in [0.2, 0.25) is 0 Å². The molecule has 142 valence electrons. The Hall–Kier alpha value is -2.31. The SMILES string of the molecule is CCCc1ccccc1N(C)c1nc(OC(C)(C)C)ncc1C(F)(F)F. The number of aryl methyl sites for hydroxylation is 1. The normalized spacial score (nSPS) is 12.2. The van der Waals surface area contributed by atoms with E-state index >= 15 is 0 Å². The fraction of sp³-hybridized carbons (Fsp3) is 0.474. The zero-order chi connectivity index (χ0) is 19.5. The topological polar surface area (TPSA) is 38.2 Å². The fourth-order valence-electron chi connectivity index (χ4n) is 2.57. The Morgan fingerprint density at radius 2 is 1.77 bits per heavy atom. The van der Waals surface area contributed by atoms with Gasteiger partial charge in [-0.25, -0.2) is 4.98 Å². The third-order valence-electron chi connectivity index (χ3n) is 3.64. The van der Waals surface area contributed by atoms with Gasteiger partial charge in [0.15, 0.2) is 5.82 Å². The first kappa shape index (κ1) is 20.0. The fourth-order valence-corrected chi connectivity index (χ4v) is 2.57. The van der Waals surface area contributed by atoms with Crippen LogP contribution in [0.25, 0.3) is 0 Å². The minimum absolute atomic E-state index is 0.0830. The number of halogens is 3. The van der Waals surface area contributed by atoms with E-state index in [1.165, 1.54) is 4.90 Å². The van der Waals surface area contributed by atoms with Gasteiger partial charge < -0.3 is 9.64 Å². The molecule has 2 aromatic rings. The van der Waals surface area contributed by atoms with Crippen molar-refractivity contribution in [3.8, 4) is 6.01 Å². The number of hydrogen-bond donors (Lipinski definition) is 0. The highest BCUT2D eigenvalue weighted by molar-refractivity contribution is 5.66. The second kappa shape index (κ2) is 7.51. The van der Waals surface area contributed by atoms with E-state index in [0.717, 1.165) is 24.6 Å². The van der Waals surface area contributed by atoms with E-state index < -0.39 is 17.3 Å². The maximum absolute atomic E-state index is 13.5. The number of para-hydroxylation sites is 1. The highest BCUT2D eigenvalue weighted by Crippen LogP contribution is 2.38. The number of hydrogen-bond acceptors (Lipinski definition) is 4. The van der Waals surface area contributed by atoms with Crippen LogP contribution in [-0.2, 0) is 12.6 Å². The summed E-state index contributed by atoms with van der Waals surface area (Å²) in [5.74, 6) is -0.227. The minimum Gasteiger partial charge on any atom is -0.458 e. The number of rotatable bonds is 5. The molecule has 0 atom stereocenters. The second-order valence-corrected chi connectivity index (χ2v) is 7.04. The molecule has 1 aromatic heterocycles. The maximum atomic E-state index is 13.5. The summed E-state index contributed by atoms with van der Waals surface area (Å²) in [5, 5.41) is 0. The average Bonchev–Trinajstić information content (AvgIpc) is 2.52. The lowest BCUT2D eigenvalue weighted by molar-refractivity contribution is -0.137. The molecule has 0 amide bonds. The monoisotopic (exact) mass is 367 g/mol. The zero-order valence-electron chi connectivity index (χ0n) is 15.7. The number of alkyl halides is 3. The molecule has 0 saturated heterocycles. The van der Waals surface area contributed by atoms with Crippen LogP contribution in [0.1, 0.15) is 45.2 Å². The van der Waals surface area contributed by atoms with Gasteiger partial charge in [-0.15, -0.1) is 0 Å². The Morgan fingerprint density at radius 3 is 2.35 bits per heavy atom. The van der Waals surface area contributed by atoms with Crippen LogP contribution in [0, 0.1) is 0 Å². The molecule has 0 aliphatic carbocycles.